The van der Waals surface area contributed by atoms with E-state index in [-0.39, 0.29) is 6.03 Å². The lowest BCUT2D eigenvalue weighted by Gasteiger charge is -2.05. The van der Waals surface area contributed by atoms with Gasteiger partial charge < -0.3 is 15.2 Å². The van der Waals surface area contributed by atoms with Crippen LogP contribution in [0.15, 0.2) is 35.1 Å². The third-order valence-corrected chi connectivity index (χ3v) is 2.31. The molecule has 0 unspecified atom stereocenters. The minimum Gasteiger partial charge on any atom is -0.361 e. The number of carbonyl (C=O) groups excluding carboxylic acids is 1. The minimum atomic E-state index is -0.243. The van der Waals surface area contributed by atoms with E-state index >= 15 is 0 Å². The van der Waals surface area contributed by atoms with Gasteiger partial charge >= 0.3 is 6.03 Å². The molecule has 2 aromatic heterocycles. The van der Waals surface area contributed by atoms with Gasteiger partial charge in [-0.1, -0.05) is 5.16 Å². The zero-order valence-electron chi connectivity index (χ0n) is 10.0. The maximum Gasteiger partial charge on any atom is 0.315 e. The smallest absolute Gasteiger partial charge is 0.315 e. The number of nitrogens with zero attached hydrogens (tertiary/aromatic N) is 2. The number of aromatic nitrogens is 2. The van der Waals surface area contributed by atoms with Crippen molar-refractivity contribution in [2.24, 2.45) is 0 Å². The van der Waals surface area contributed by atoms with Gasteiger partial charge in [-0.25, -0.2) is 4.79 Å². The number of rotatable bonds is 4. The molecule has 0 aromatic carbocycles. The van der Waals surface area contributed by atoms with E-state index in [1.54, 1.807) is 25.4 Å². The molecule has 6 heteroatoms. The molecule has 2 heterocycles. The zero-order chi connectivity index (χ0) is 12.8. The number of carbonyl (C=O) groups is 1. The highest BCUT2D eigenvalue weighted by Gasteiger charge is 2.03. The van der Waals surface area contributed by atoms with E-state index in [1.807, 2.05) is 12.1 Å². The summed E-state index contributed by atoms with van der Waals surface area (Å²) >= 11 is 0. The summed E-state index contributed by atoms with van der Waals surface area (Å²) in [6.45, 7) is 2.62. The molecule has 0 bridgehead atoms. The predicted octanol–water partition coefficient (Wildman–Crippen LogP) is 1.38. The van der Waals surface area contributed by atoms with Crippen LogP contribution < -0.4 is 10.6 Å². The number of urea groups is 1. The molecule has 2 amide bonds. The van der Waals surface area contributed by atoms with E-state index in [0.29, 0.717) is 18.8 Å². The maximum atomic E-state index is 11.5. The lowest BCUT2D eigenvalue weighted by molar-refractivity contribution is 0.240. The summed E-state index contributed by atoms with van der Waals surface area (Å²) in [4.78, 5) is 15.4. The Kier molecular flexibility index (Phi) is 3.90. The highest BCUT2D eigenvalue weighted by Crippen LogP contribution is 2.00. The van der Waals surface area contributed by atoms with Gasteiger partial charge in [-0.15, -0.1) is 0 Å². The number of amides is 2. The van der Waals surface area contributed by atoms with Gasteiger partial charge in [0, 0.05) is 25.0 Å². The largest absolute Gasteiger partial charge is 0.361 e. The van der Waals surface area contributed by atoms with Crippen molar-refractivity contribution in [2.45, 2.75) is 20.0 Å². The van der Waals surface area contributed by atoms with Crippen LogP contribution in [-0.2, 0) is 13.1 Å². The molecular formula is C12H14N4O2. The Morgan fingerprint density at radius 3 is 2.67 bits per heavy atom. The molecule has 2 N–H and O–H groups in total. The van der Waals surface area contributed by atoms with Crippen molar-refractivity contribution in [3.63, 3.8) is 0 Å². The Balaban J connectivity index is 1.73. The van der Waals surface area contributed by atoms with Gasteiger partial charge in [0.2, 0.25) is 0 Å². The first kappa shape index (κ1) is 12.1. The van der Waals surface area contributed by atoms with Gasteiger partial charge in [-0.05, 0) is 24.6 Å². The van der Waals surface area contributed by atoms with Crippen molar-refractivity contribution in [2.75, 3.05) is 0 Å². The van der Waals surface area contributed by atoms with Crippen LogP contribution in [0.3, 0.4) is 0 Å². The summed E-state index contributed by atoms with van der Waals surface area (Å²) in [6.07, 6.45) is 3.38. The SMILES string of the molecule is Cc1cc(CNC(=O)NCc2ccncc2)no1. The molecule has 0 aliphatic rings. The van der Waals surface area contributed by atoms with E-state index in [2.05, 4.69) is 20.8 Å². The fourth-order valence-electron chi connectivity index (χ4n) is 1.42. The highest BCUT2D eigenvalue weighted by molar-refractivity contribution is 5.73. The number of hydrogen-bond acceptors (Lipinski definition) is 4. The predicted molar refractivity (Wildman–Crippen MR) is 64.6 cm³/mol. The minimum absolute atomic E-state index is 0.243. The van der Waals surface area contributed by atoms with Crippen LogP contribution in [0.4, 0.5) is 4.79 Å². The van der Waals surface area contributed by atoms with E-state index in [9.17, 15) is 4.79 Å². The molecule has 2 aromatic rings. The Bertz CT molecular complexity index is 510. The van der Waals surface area contributed by atoms with Gasteiger partial charge in [0.05, 0.1) is 6.54 Å². The van der Waals surface area contributed by atoms with Crippen molar-refractivity contribution in [1.82, 2.24) is 20.8 Å². The lowest BCUT2D eigenvalue weighted by Crippen LogP contribution is -2.34. The van der Waals surface area contributed by atoms with Crippen molar-refractivity contribution < 1.29 is 9.32 Å². The topological polar surface area (TPSA) is 80.0 Å². The summed E-state index contributed by atoms with van der Waals surface area (Å²) < 4.78 is 4.90. The first-order valence-corrected chi connectivity index (χ1v) is 5.57. The molecule has 0 aliphatic heterocycles. The molecule has 0 atom stereocenters. The molecule has 6 nitrogen and oxygen atoms in total. The van der Waals surface area contributed by atoms with Crippen LogP contribution in [0.5, 0.6) is 0 Å². The normalized spacial score (nSPS) is 10.1. The second-order valence-electron chi connectivity index (χ2n) is 3.82. The van der Waals surface area contributed by atoms with Crippen molar-refractivity contribution in [3.8, 4) is 0 Å². The van der Waals surface area contributed by atoms with Crippen LogP contribution in [0.25, 0.3) is 0 Å². The quantitative estimate of drug-likeness (QED) is 0.854. The third-order valence-electron chi connectivity index (χ3n) is 2.31. The summed E-state index contributed by atoms with van der Waals surface area (Å²) in [5.74, 6) is 0.726. The molecule has 0 saturated carbocycles. The summed E-state index contributed by atoms with van der Waals surface area (Å²) in [5, 5.41) is 9.21. The van der Waals surface area contributed by atoms with Crippen molar-refractivity contribution >= 4 is 6.03 Å². The maximum absolute atomic E-state index is 11.5. The summed E-state index contributed by atoms with van der Waals surface area (Å²) in [7, 11) is 0. The number of nitrogens with one attached hydrogen (secondary N) is 2. The summed E-state index contributed by atoms with van der Waals surface area (Å²) in [6, 6.07) is 5.23. The van der Waals surface area contributed by atoms with E-state index < -0.39 is 0 Å². The Labute approximate surface area is 104 Å². The molecule has 0 radical (unpaired) electrons. The van der Waals surface area contributed by atoms with Gasteiger partial charge in [-0.2, -0.15) is 0 Å². The van der Waals surface area contributed by atoms with Crippen LogP contribution >= 0.6 is 0 Å². The van der Waals surface area contributed by atoms with Crippen LogP contribution in [0, 0.1) is 6.92 Å². The molecular weight excluding hydrogens is 232 g/mol. The Morgan fingerprint density at radius 2 is 2.00 bits per heavy atom. The first-order chi connectivity index (χ1) is 8.74. The first-order valence-electron chi connectivity index (χ1n) is 5.57. The highest BCUT2D eigenvalue weighted by atomic mass is 16.5. The fourth-order valence-corrected chi connectivity index (χ4v) is 1.42. The van der Waals surface area contributed by atoms with Gasteiger partial charge in [0.15, 0.2) is 0 Å². The average molecular weight is 246 g/mol. The standard InChI is InChI=1S/C12H14N4O2/c1-9-6-11(16-18-9)8-15-12(17)14-7-10-2-4-13-5-3-10/h2-6H,7-8H2,1H3,(H2,14,15,17). The number of hydrogen-bond donors (Lipinski definition) is 2. The van der Waals surface area contributed by atoms with E-state index in [1.165, 1.54) is 0 Å². The molecule has 94 valence electrons. The van der Waals surface area contributed by atoms with Gasteiger partial charge in [-0.3, -0.25) is 4.98 Å². The Hall–Kier alpha value is -2.37. The molecule has 0 saturated heterocycles. The molecule has 0 aliphatic carbocycles. The van der Waals surface area contributed by atoms with Gasteiger partial charge in [0.1, 0.15) is 11.5 Å². The van der Waals surface area contributed by atoms with E-state index in [4.69, 9.17) is 4.52 Å². The number of aryl methyl sites for hydroxylation is 1. The lowest BCUT2D eigenvalue weighted by atomic mass is 10.3. The third kappa shape index (κ3) is 3.58. The average Bonchev–Trinajstić information content (AvgIpc) is 2.81. The monoisotopic (exact) mass is 246 g/mol. The van der Waals surface area contributed by atoms with E-state index in [0.717, 1.165) is 11.3 Å². The summed E-state index contributed by atoms with van der Waals surface area (Å²) in [5.41, 5.74) is 1.70. The van der Waals surface area contributed by atoms with Crippen molar-refractivity contribution in [3.05, 3.63) is 47.6 Å². The zero-order valence-corrected chi connectivity index (χ0v) is 10.0. The fraction of sp³-hybridized carbons (Fsp3) is 0.250. The number of pyridine rings is 1. The van der Waals surface area contributed by atoms with Crippen molar-refractivity contribution in [1.29, 1.82) is 0 Å². The van der Waals surface area contributed by atoms with Crippen LogP contribution in [-0.4, -0.2) is 16.2 Å². The molecule has 0 spiro atoms. The van der Waals surface area contributed by atoms with Crippen LogP contribution in [0.1, 0.15) is 17.0 Å². The Morgan fingerprint density at radius 1 is 1.28 bits per heavy atom. The van der Waals surface area contributed by atoms with Gasteiger partial charge in [0.25, 0.3) is 0 Å². The molecule has 18 heavy (non-hydrogen) atoms. The van der Waals surface area contributed by atoms with Crippen LogP contribution in [0.2, 0.25) is 0 Å². The second-order valence-corrected chi connectivity index (χ2v) is 3.82. The second kappa shape index (κ2) is 5.81. The molecule has 2 rings (SSSR count). The molecule has 0 fully saturated rings.